The van der Waals surface area contributed by atoms with E-state index in [1.165, 1.54) is 12.1 Å². The second-order valence-electron chi connectivity index (χ2n) is 3.76. The average molecular weight is 415 g/mol. The van der Waals surface area contributed by atoms with Crippen molar-refractivity contribution in [2.75, 3.05) is 5.32 Å². The summed E-state index contributed by atoms with van der Waals surface area (Å²) in [5.41, 5.74) is 0.0216. The van der Waals surface area contributed by atoms with E-state index < -0.39 is 11.7 Å². The molecule has 0 aliphatic heterocycles. The van der Waals surface area contributed by atoms with Crippen molar-refractivity contribution < 1.29 is 13.2 Å². The minimum Gasteiger partial charge on any atom is -0.380 e. The van der Waals surface area contributed by atoms with E-state index >= 15 is 0 Å². The molecule has 1 aromatic heterocycles. The second kappa shape index (κ2) is 5.85. The summed E-state index contributed by atoms with van der Waals surface area (Å²) in [4.78, 5) is 1.08. The second-order valence-corrected chi connectivity index (χ2v) is 7.07. The van der Waals surface area contributed by atoms with Gasteiger partial charge in [-0.1, -0.05) is 0 Å². The maximum absolute atomic E-state index is 12.4. The highest BCUT2D eigenvalue weighted by atomic mass is 79.9. The number of anilines is 1. The summed E-state index contributed by atoms with van der Waals surface area (Å²) < 4.78 is 39.1. The number of halogens is 5. The third-order valence-corrected chi connectivity index (χ3v) is 5.63. The van der Waals surface area contributed by atoms with E-state index in [4.69, 9.17) is 0 Å². The first kappa shape index (κ1) is 14.9. The highest BCUT2D eigenvalue weighted by Gasteiger charge is 2.29. The van der Waals surface area contributed by atoms with Crippen molar-refractivity contribution in [1.29, 1.82) is 0 Å². The normalized spacial score (nSPS) is 11.6. The van der Waals surface area contributed by atoms with E-state index in [9.17, 15) is 13.2 Å². The Labute approximate surface area is 129 Å². The van der Waals surface area contributed by atoms with Gasteiger partial charge in [0.2, 0.25) is 0 Å². The summed E-state index contributed by atoms with van der Waals surface area (Å²) in [7, 11) is 0. The fraction of sp³-hybridized carbons (Fsp3) is 0.167. The van der Waals surface area contributed by atoms with Gasteiger partial charge in [0.05, 0.1) is 9.35 Å². The minimum atomic E-state index is -4.29. The van der Waals surface area contributed by atoms with E-state index in [1.54, 1.807) is 11.3 Å². The Morgan fingerprint density at radius 2 is 1.74 bits per heavy atom. The van der Waals surface area contributed by atoms with Gasteiger partial charge in [0.1, 0.15) is 0 Å². The fourth-order valence-electron chi connectivity index (χ4n) is 1.44. The maximum Gasteiger partial charge on any atom is 0.416 e. The highest BCUT2D eigenvalue weighted by Crippen LogP contribution is 2.33. The molecule has 0 aliphatic carbocycles. The van der Waals surface area contributed by atoms with Gasteiger partial charge in [-0.2, -0.15) is 13.2 Å². The van der Waals surface area contributed by atoms with Crippen LogP contribution in [0.1, 0.15) is 10.4 Å². The van der Waals surface area contributed by atoms with Crippen molar-refractivity contribution in [2.24, 2.45) is 0 Å². The topological polar surface area (TPSA) is 12.0 Å². The number of hydrogen-bond donors (Lipinski definition) is 1. The van der Waals surface area contributed by atoms with Crippen LogP contribution in [0.5, 0.6) is 0 Å². The third kappa shape index (κ3) is 3.97. The Bertz CT molecular complexity index is 544. The Hall–Kier alpha value is -0.530. The lowest BCUT2D eigenvalue weighted by Crippen LogP contribution is -2.05. The molecule has 1 aromatic carbocycles. The van der Waals surface area contributed by atoms with Gasteiger partial charge in [-0.05, 0) is 62.2 Å². The zero-order valence-electron chi connectivity index (χ0n) is 9.39. The molecule has 0 amide bonds. The van der Waals surface area contributed by atoms with Crippen molar-refractivity contribution in [1.82, 2.24) is 0 Å². The van der Waals surface area contributed by atoms with Crippen LogP contribution in [0.4, 0.5) is 18.9 Å². The highest BCUT2D eigenvalue weighted by molar-refractivity contribution is 9.13. The zero-order valence-corrected chi connectivity index (χ0v) is 13.4. The molecule has 0 radical (unpaired) electrons. The SMILES string of the molecule is FC(F)(F)c1ccc(NCc2cc(Br)c(Br)s2)cc1. The molecular formula is C12H8Br2F3NS. The smallest absolute Gasteiger partial charge is 0.380 e. The van der Waals surface area contributed by atoms with E-state index in [0.29, 0.717) is 12.2 Å². The lowest BCUT2D eigenvalue weighted by Gasteiger charge is -2.08. The Morgan fingerprint density at radius 1 is 1.11 bits per heavy atom. The van der Waals surface area contributed by atoms with Crippen LogP contribution in [0.25, 0.3) is 0 Å². The van der Waals surface area contributed by atoms with E-state index in [0.717, 1.165) is 25.3 Å². The predicted octanol–water partition coefficient (Wildman–Crippen LogP) is 5.90. The molecule has 102 valence electrons. The van der Waals surface area contributed by atoms with Gasteiger partial charge >= 0.3 is 6.18 Å². The zero-order chi connectivity index (χ0) is 14.0. The predicted molar refractivity (Wildman–Crippen MR) is 78.5 cm³/mol. The standard InChI is InChI=1S/C12H8Br2F3NS/c13-10-5-9(19-11(10)14)6-18-8-3-1-7(2-4-8)12(15,16)17/h1-5,18H,6H2. The van der Waals surface area contributed by atoms with Crippen LogP contribution in [0.2, 0.25) is 0 Å². The molecule has 2 rings (SSSR count). The third-order valence-electron chi connectivity index (χ3n) is 2.38. The molecule has 7 heteroatoms. The monoisotopic (exact) mass is 413 g/mol. The number of rotatable bonds is 3. The minimum absolute atomic E-state index is 0.570. The molecule has 0 saturated heterocycles. The van der Waals surface area contributed by atoms with Crippen LogP contribution in [-0.2, 0) is 12.7 Å². The van der Waals surface area contributed by atoms with Crippen LogP contribution in [0, 0.1) is 0 Å². The lowest BCUT2D eigenvalue weighted by atomic mass is 10.2. The molecule has 0 fully saturated rings. The molecule has 0 spiro atoms. The average Bonchev–Trinajstić information content (AvgIpc) is 2.66. The summed E-state index contributed by atoms with van der Waals surface area (Å²) in [6.07, 6.45) is -4.29. The van der Waals surface area contributed by atoms with Crippen LogP contribution >= 0.6 is 43.2 Å². The molecular weight excluding hydrogens is 407 g/mol. The molecule has 0 saturated carbocycles. The first-order chi connectivity index (χ1) is 8.86. The van der Waals surface area contributed by atoms with Gasteiger partial charge in [0.25, 0.3) is 0 Å². The van der Waals surface area contributed by atoms with Gasteiger partial charge in [-0.15, -0.1) is 11.3 Å². The van der Waals surface area contributed by atoms with Gasteiger partial charge in [-0.25, -0.2) is 0 Å². The summed E-state index contributed by atoms with van der Waals surface area (Å²) >= 11 is 8.35. The summed E-state index contributed by atoms with van der Waals surface area (Å²) in [6.45, 7) is 0.570. The summed E-state index contributed by atoms with van der Waals surface area (Å²) in [5.74, 6) is 0. The first-order valence-corrected chi connectivity index (χ1v) is 7.61. The largest absolute Gasteiger partial charge is 0.416 e. The number of thiophene rings is 1. The van der Waals surface area contributed by atoms with E-state index in [-0.39, 0.29) is 0 Å². The van der Waals surface area contributed by atoms with Crippen molar-refractivity contribution in [3.8, 4) is 0 Å². The van der Waals surface area contributed by atoms with E-state index in [2.05, 4.69) is 37.2 Å². The van der Waals surface area contributed by atoms with Gasteiger partial charge < -0.3 is 5.32 Å². The van der Waals surface area contributed by atoms with Crippen molar-refractivity contribution in [3.63, 3.8) is 0 Å². The quantitative estimate of drug-likeness (QED) is 0.658. The summed E-state index contributed by atoms with van der Waals surface area (Å²) in [5, 5.41) is 3.08. The van der Waals surface area contributed by atoms with Crippen molar-refractivity contribution in [2.45, 2.75) is 12.7 Å². The van der Waals surface area contributed by atoms with Crippen LogP contribution in [0.3, 0.4) is 0 Å². The van der Waals surface area contributed by atoms with Gasteiger partial charge in [0.15, 0.2) is 0 Å². The molecule has 1 N–H and O–H groups in total. The molecule has 1 nitrogen and oxygen atoms in total. The van der Waals surface area contributed by atoms with Gasteiger partial charge in [0, 0.05) is 21.6 Å². The number of hydrogen-bond acceptors (Lipinski definition) is 2. The van der Waals surface area contributed by atoms with Crippen molar-refractivity contribution in [3.05, 3.63) is 49.0 Å². The molecule has 0 bridgehead atoms. The Balaban J connectivity index is 2.00. The van der Waals surface area contributed by atoms with Crippen LogP contribution in [0.15, 0.2) is 38.6 Å². The van der Waals surface area contributed by atoms with Gasteiger partial charge in [-0.3, -0.25) is 0 Å². The fourth-order valence-corrected chi connectivity index (χ4v) is 3.56. The lowest BCUT2D eigenvalue weighted by molar-refractivity contribution is -0.137. The van der Waals surface area contributed by atoms with Crippen LogP contribution in [-0.4, -0.2) is 0 Å². The number of benzene rings is 1. The maximum atomic E-state index is 12.4. The first-order valence-electron chi connectivity index (χ1n) is 5.21. The van der Waals surface area contributed by atoms with Crippen molar-refractivity contribution >= 4 is 48.9 Å². The molecule has 0 aliphatic rings. The Kier molecular flexibility index (Phi) is 4.58. The molecule has 0 atom stereocenters. The molecule has 1 heterocycles. The summed E-state index contributed by atoms with van der Waals surface area (Å²) in [6, 6.07) is 6.97. The van der Waals surface area contributed by atoms with E-state index in [1.807, 2.05) is 6.07 Å². The Morgan fingerprint density at radius 3 is 2.21 bits per heavy atom. The molecule has 19 heavy (non-hydrogen) atoms. The number of nitrogens with one attached hydrogen (secondary N) is 1. The molecule has 2 aromatic rings. The number of alkyl halides is 3. The molecule has 0 unspecified atom stereocenters. The van der Waals surface area contributed by atoms with Crippen LogP contribution < -0.4 is 5.32 Å².